The highest BCUT2D eigenvalue weighted by Gasteiger charge is 2.38. The molecule has 3 heteroatoms. The van der Waals surface area contributed by atoms with Gasteiger partial charge in [0.2, 0.25) is 0 Å². The molecule has 0 saturated heterocycles. The number of hydrogen-bond acceptors (Lipinski definition) is 1. The van der Waals surface area contributed by atoms with Crippen LogP contribution in [0.3, 0.4) is 0 Å². The molecule has 1 aliphatic rings. The molecule has 108 valence electrons. The van der Waals surface area contributed by atoms with E-state index in [-0.39, 0.29) is 5.41 Å². The second-order valence-electron chi connectivity index (χ2n) is 5.64. The van der Waals surface area contributed by atoms with Crippen LogP contribution >= 0.6 is 23.2 Å². The van der Waals surface area contributed by atoms with E-state index in [9.17, 15) is 4.79 Å². The van der Waals surface area contributed by atoms with Crippen LogP contribution in [0.15, 0.2) is 48.5 Å². The van der Waals surface area contributed by atoms with E-state index in [1.165, 1.54) is 11.1 Å². The van der Waals surface area contributed by atoms with E-state index < -0.39 is 0 Å². The van der Waals surface area contributed by atoms with E-state index in [2.05, 4.69) is 12.1 Å². The molecule has 3 rings (SSSR count). The summed E-state index contributed by atoms with van der Waals surface area (Å²) >= 11 is 12.4. The third kappa shape index (κ3) is 2.86. The minimum Gasteiger partial charge on any atom is -0.300 e. The predicted molar refractivity (Wildman–Crippen MR) is 87.2 cm³/mol. The lowest BCUT2D eigenvalue weighted by Gasteiger charge is -2.38. The Bertz CT molecular complexity index is 621. The molecule has 1 fully saturated rings. The fourth-order valence-electron chi connectivity index (χ4n) is 3.27. The Balaban J connectivity index is 2.13. The summed E-state index contributed by atoms with van der Waals surface area (Å²) in [5, 5.41) is 1.46. The van der Waals surface area contributed by atoms with Gasteiger partial charge in [0.1, 0.15) is 5.78 Å². The SMILES string of the molecule is O=C1CCC(c2cccc(Cl)c2)(c2cccc(Cl)c2)CC1. The summed E-state index contributed by atoms with van der Waals surface area (Å²) in [6.07, 6.45) is 2.84. The summed E-state index contributed by atoms with van der Waals surface area (Å²) in [7, 11) is 0. The minimum absolute atomic E-state index is 0.163. The zero-order valence-electron chi connectivity index (χ0n) is 11.6. The van der Waals surface area contributed by atoms with Crippen LogP contribution in [0.2, 0.25) is 10.0 Å². The Morgan fingerprint density at radius 2 is 1.29 bits per heavy atom. The first-order chi connectivity index (χ1) is 10.1. The summed E-state index contributed by atoms with van der Waals surface area (Å²) in [5.74, 6) is 0.342. The average molecular weight is 319 g/mol. The highest BCUT2D eigenvalue weighted by molar-refractivity contribution is 6.31. The Kier molecular flexibility index (Phi) is 4.05. The summed E-state index contributed by atoms with van der Waals surface area (Å²) in [6, 6.07) is 15.9. The van der Waals surface area contributed by atoms with Gasteiger partial charge >= 0.3 is 0 Å². The van der Waals surface area contributed by atoms with Crippen molar-refractivity contribution in [2.45, 2.75) is 31.1 Å². The fourth-order valence-corrected chi connectivity index (χ4v) is 3.65. The van der Waals surface area contributed by atoms with Crippen LogP contribution in [-0.2, 0) is 10.2 Å². The van der Waals surface area contributed by atoms with Gasteiger partial charge in [-0.05, 0) is 48.2 Å². The van der Waals surface area contributed by atoms with Crippen molar-refractivity contribution in [2.24, 2.45) is 0 Å². The third-order valence-electron chi connectivity index (χ3n) is 4.42. The van der Waals surface area contributed by atoms with E-state index in [1.54, 1.807) is 0 Å². The van der Waals surface area contributed by atoms with Gasteiger partial charge in [0, 0.05) is 28.3 Å². The standard InChI is InChI=1S/C18H16Cl2O/c19-15-5-1-3-13(11-15)18(9-7-17(21)8-10-18)14-4-2-6-16(20)12-14/h1-6,11-12H,7-10H2. The summed E-state index contributed by atoms with van der Waals surface area (Å²) < 4.78 is 0. The van der Waals surface area contributed by atoms with E-state index in [0.717, 1.165) is 22.9 Å². The smallest absolute Gasteiger partial charge is 0.133 e. The lowest BCUT2D eigenvalue weighted by Crippen LogP contribution is -2.33. The monoisotopic (exact) mass is 318 g/mol. The Hall–Kier alpha value is -1.31. The predicted octanol–water partition coefficient (Wildman–Crippen LogP) is 5.42. The highest BCUT2D eigenvalue weighted by atomic mass is 35.5. The molecule has 0 atom stereocenters. The molecule has 1 aliphatic carbocycles. The van der Waals surface area contributed by atoms with Crippen LogP contribution in [-0.4, -0.2) is 5.78 Å². The Labute approximate surface area is 134 Å². The molecule has 1 nitrogen and oxygen atoms in total. The van der Waals surface area contributed by atoms with Gasteiger partial charge in [-0.3, -0.25) is 4.79 Å². The molecule has 0 bridgehead atoms. The molecule has 0 aromatic heterocycles. The molecule has 0 aliphatic heterocycles. The van der Waals surface area contributed by atoms with Gasteiger partial charge in [-0.1, -0.05) is 47.5 Å². The van der Waals surface area contributed by atoms with Crippen LogP contribution in [0, 0.1) is 0 Å². The van der Waals surface area contributed by atoms with Crippen molar-refractivity contribution in [2.75, 3.05) is 0 Å². The molecule has 21 heavy (non-hydrogen) atoms. The number of Topliss-reactive ketones (excluding diaryl/α,β-unsaturated/α-hetero) is 1. The molecule has 0 N–H and O–H groups in total. The largest absolute Gasteiger partial charge is 0.300 e. The summed E-state index contributed by atoms with van der Waals surface area (Å²) in [6.45, 7) is 0. The van der Waals surface area contributed by atoms with Crippen LogP contribution < -0.4 is 0 Å². The molecule has 1 saturated carbocycles. The lowest BCUT2D eigenvalue weighted by atomic mass is 9.65. The number of carbonyl (C=O) groups is 1. The highest BCUT2D eigenvalue weighted by Crippen LogP contribution is 2.45. The number of halogens is 2. The maximum atomic E-state index is 11.7. The van der Waals surface area contributed by atoms with Crippen molar-refractivity contribution >= 4 is 29.0 Å². The van der Waals surface area contributed by atoms with Gasteiger partial charge in [0.25, 0.3) is 0 Å². The number of ketones is 1. The van der Waals surface area contributed by atoms with Gasteiger partial charge in [0.05, 0.1) is 0 Å². The van der Waals surface area contributed by atoms with Crippen LogP contribution in [0.25, 0.3) is 0 Å². The van der Waals surface area contributed by atoms with Crippen molar-refractivity contribution in [3.63, 3.8) is 0 Å². The molecule has 2 aromatic carbocycles. The van der Waals surface area contributed by atoms with Crippen molar-refractivity contribution in [1.82, 2.24) is 0 Å². The van der Waals surface area contributed by atoms with Gasteiger partial charge in [0.15, 0.2) is 0 Å². The molecule has 0 amide bonds. The molecule has 0 heterocycles. The normalized spacial score (nSPS) is 17.7. The van der Waals surface area contributed by atoms with Gasteiger partial charge in [-0.25, -0.2) is 0 Å². The Morgan fingerprint density at radius 3 is 1.71 bits per heavy atom. The van der Waals surface area contributed by atoms with E-state index in [4.69, 9.17) is 23.2 Å². The summed E-state index contributed by atoms with van der Waals surface area (Å²) in [4.78, 5) is 11.7. The van der Waals surface area contributed by atoms with Crippen LogP contribution in [0.5, 0.6) is 0 Å². The number of carbonyl (C=O) groups excluding carboxylic acids is 1. The minimum atomic E-state index is -0.163. The van der Waals surface area contributed by atoms with Crippen molar-refractivity contribution in [3.8, 4) is 0 Å². The molecule has 0 radical (unpaired) electrons. The first-order valence-electron chi connectivity index (χ1n) is 7.14. The van der Waals surface area contributed by atoms with Gasteiger partial charge in [-0.15, -0.1) is 0 Å². The van der Waals surface area contributed by atoms with Gasteiger partial charge < -0.3 is 0 Å². The number of benzene rings is 2. The number of hydrogen-bond donors (Lipinski definition) is 0. The first kappa shape index (κ1) is 14.6. The maximum absolute atomic E-state index is 11.7. The zero-order valence-corrected chi connectivity index (χ0v) is 13.1. The number of rotatable bonds is 2. The van der Waals surface area contributed by atoms with E-state index >= 15 is 0 Å². The molecular weight excluding hydrogens is 303 g/mol. The quantitative estimate of drug-likeness (QED) is 0.722. The van der Waals surface area contributed by atoms with Gasteiger partial charge in [-0.2, -0.15) is 0 Å². The van der Waals surface area contributed by atoms with Crippen LogP contribution in [0.1, 0.15) is 36.8 Å². The zero-order chi connectivity index (χ0) is 14.9. The summed E-state index contributed by atoms with van der Waals surface area (Å²) in [5.41, 5.74) is 2.18. The van der Waals surface area contributed by atoms with Crippen molar-refractivity contribution in [1.29, 1.82) is 0 Å². The van der Waals surface area contributed by atoms with E-state index in [1.807, 2.05) is 36.4 Å². The van der Waals surface area contributed by atoms with Crippen LogP contribution in [0.4, 0.5) is 0 Å². The molecule has 0 unspecified atom stereocenters. The first-order valence-corrected chi connectivity index (χ1v) is 7.89. The van der Waals surface area contributed by atoms with Crippen molar-refractivity contribution < 1.29 is 4.79 Å². The Morgan fingerprint density at radius 1 is 0.810 bits per heavy atom. The van der Waals surface area contributed by atoms with Crippen molar-refractivity contribution in [3.05, 3.63) is 69.7 Å². The third-order valence-corrected chi connectivity index (χ3v) is 4.89. The topological polar surface area (TPSA) is 17.1 Å². The molecule has 2 aromatic rings. The maximum Gasteiger partial charge on any atom is 0.133 e. The second-order valence-corrected chi connectivity index (χ2v) is 6.51. The van der Waals surface area contributed by atoms with E-state index in [0.29, 0.717) is 18.6 Å². The molecule has 0 spiro atoms. The lowest BCUT2D eigenvalue weighted by molar-refractivity contribution is -0.121. The molecular formula is C18H16Cl2O. The average Bonchev–Trinajstić information content (AvgIpc) is 2.48. The second kappa shape index (κ2) is 5.82. The fraction of sp³-hybridized carbons (Fsp3) is 0.278.